The number of methoxy groups -OCH3 is 1. The van der Waals surface area contributed by atoms with E-state index >= 15 is 0 Å². The highest BCUT2D eigenvalue weighted by atomic mass is 16.5. The summed E-state index contributed by atoms with van der Waals surface area (Å²) in [5.41, 5.74) is 12.7. The average Bonchev–Trinajstić information content (AvgIpc) is 3.39. The lowest BCUT2D eigenvalue weighted by Crippen LogP contribution is -2.38. The number of benzene rings is 1. The molecule has 2 fully saturated rings. The highest BCUT2D eigenvalue weighted by molar-refractivity contribution is 6.14. The molecule has 0 spiro atoms. The van der Waals surface area contributed by atoms with Crippen LogP contribution in [0.1, 0.15) is 41.5 Å². The fourth-order valence-corrected chi connectivity index (χ4v) is 5.62. The first kappa shape index (κ1) is 21.2. The van der Waals surface area contributed by atoms with Crippen molar-refractivity contribution in [1.29, 1.82) is 5.41 Å². The van der Waals surface area contributed by atoms with Gasteiger partial charge in [-0.15, -0.1) is 0 Å². The van der Waals surface area contributed by atoms with E-state index in [1.165, 1.54) is 36.1 Å². The molecule has 0 saturated carbocycles. The summed E-state index contributed by atoms with van der Waals surface area (Å²) in [6, 6.07) is 8.43. The zero-order valence-electron chi connectivity index (χ0n) is 18.9. The number of nitrogens with one attached hydrogen (secondary N) is 1. The summed E-state index contributed by atoms with van der Waals surface area (Å²) in [5.74, 6) is 1.81. The van der Waals surface area contributed by atoms with Gasteiger partial charge in [-0.05, 0) is 72.9 Å². The van der Waals surface area contributed by atoms with E-state index < -0.39 is 0 Å². The molecule has 0 radical (unpaired) electrons. The number of nitrogens with zero attached hydrogens (tertiary/aromatic N) is 2. The van der Waals surface area contributed by atoms with E-state index in [4.69, 9.17) is 20.6 Å². The summed E-state index contributed by atoms with van der Waals surface area (Å²) in [7, 11) is 1.58. The van der Waals surface area contributed by atoms with Gasteiger partial charge in [0.25, 0.3) is 0 Å². The lowest BCUT2D eigenvalue weighted by atomic mass is 9.91. The van der Waals surface area contributed by atoms with E-state index in [1.54, 1.807) is 19.4 Å². The zero-order valence-corrected chi connectivity index (χ0v) is 18.9. The van der Waals surface area contributed by atoms with E-state index in [0.717, 1.165) is 37.3 Å². The fourth-order valence-electron chi connectivity index (χ4n) is 5.62. The molecule has 0 unspecified atom stereocenters. The summed E-state index contributed by atoms with van der Waals surface area (Å²) < 4.78 is 10.8. The molecule has 6 heteroatoms. The van der Waals surface area contributed by atoms with Crippen molar-refractivity contribution in [2.45, 2.75) is 32.2 Å². The lowest BCUT2D eigenvalue weighted by molar-refractivity contribution is 0.0406. The number of aryl methyl sites for hydroxylation is 1. The van der Waals surface area contributed by atoms with E-state index in [-0.39, 0.29) is 0 Å². The van der Waals surface area contributed by atoms with Crippen LogP contribution in [-0.4, -0.2) is 55.1 Å². The van der Waals surface area contributed by atoms with Gasteiger partial charge >= 0.3 is 0 Å². The Morgan fingerprint density at radius 1 is 1.22 bits per heavy atom. The van der Waals surface area contributed by atoms with E-state index in [9.17, 15) is 0 Å². The van der Waals surface area contributed by atoms with Gasteiger partial charge in [-0.25, -0.2) is 4.98 Å². The molecule has 3 heterocycles. The first-order valence-corrected chi connectivity index (χ1v) is 11.6. The molecule has 32 heavy (non-hydrogen) atoms. The average molecular weight is 433 g/mol. The Hall–Kier alpha value is -2.70. The van der Waals surface area contributed by atoms with E-state index in [0.29, 0.717) is 35.2 Å². The van der Waals surface area contributed by atoms with Crippen LogP contribution in [0.5, 0.6) is 5.88 Å². The van der Waals surface area contributed by atoms with Crippen LogP contribution in [0.4, 0.5) is 5.69 Å². The SMILES string of the molecule is COc1cc(C(=N)c2cc(C3=C[C@@H]4CN(C5CCOCC5)C[C@@H]4C3)c(C)cc2N)ccn1. The minimum atomic E-state index is 0.397. The Morgan fingerprint density at radius 3 is 2.78 bits per heavy atom. The summed E-state index contributed by atoms with van der Waals surface area (Å²) in [6.07, 6.45) is 7.59. The van der Waals surface area contributed by atoms with Gasteiger partial charge in [0.05, 0.1) is 12.8 Å². The van der Waals surface area contributed by atoms with Crippen LogP contribution >= 0.6 is 0 Å². The van der Waals surface area contributed by atoms with Gasteiger partial charge < -0.3 is 15.2 Å². The van der Waals surface area contributed by atoms with Crippen LogP contribution in [0, 0.1) is 24.2 Å². The van der Waals surface area contributed by atoms with Crippen molar-refractivity contribution in [3.63, 3.8) is 0 Å². The molecule has 3 N–H and O–H groups in total. The van der Waals surface area contributed by atoms with Gasteiger partial charge in [-0.2, -0.15) is 0 Å². The minimum Gasteiger partial charge on any atom is -0.481 e. The number of likely N-dealkylation sites (tertiary alicyclic amines) is 1. The maximum Gasteiger partial charge on any atom is 0.213 e. The minimum absolute atomic E-state index is 0.397. The second-order valence-electron chi connectivity index (χ2n) is 9.33. The van der Waals surface area contributed by atoms with Crippen molar-refractivity contribution < 1.29 is 9.47 Å². The number of nitrogens with two attached hydrogens (primary N) is 1. The number of anilines is 1. The van der Waals surface area contributed by atoms with Crippen molar-refractivity contribution in [3.05, 3.63) is 58.8 Å². The van der Waals surface area contributed by atoms with Gasteiger partial charge in [0.1, 0.15) is 0 Å². The summed E-state index contributed by atoms with van der Waals surface area (Å²) in [4.78, 5) is 6.85. The smallest absolute Gasteiger partial charge is 0.213 e. The highest BCUT2D eigenvalue weighted by Gasteiger charge is 2.39. The Labute approximate surface area is 189 Å². The van der Waals surface area contributed by atoms with Crippen molar-refractivity contribution in [1.82, 2.24) is 9.88 Å². The number of fused-ring (bicyclic) bond motifs is 1. The van der Waals surface area contributed by atoms with Crippen molar-refractivity contribution in [2.24, 2.45) is 11.8 Å². The van der Waals surface area contributed by atoms with E-state index in [2.05, 4.69) is 29.0 Å². The Balaban J connectivity index is 1.38. The van der Waals surface area contributed by atoms with Gasteiger partial charge in [-0.1, -0.05) is 6.08 Å². The van der Waals surface area contributed by atoms with Crippen LogP contribution in [0.2, 0.25) is 0 Å². The molecular weight excluding hydrogens is 400 g/mol. The number of rotatable bonds is 5. The molecule has 3 aliphatic rings. The highest BCUT2D eigenvalue weighted by Crippen LogP contribution is 2.43. The first-order valence-electron chi connectivity index (χ1n) is 11.6. The van der Waals surface area contributed by atoms with Crippen LogP contribution in [0.3, 0.4) is 0 Å². The Bertz CT molecular complexity index is 1060. The molecule has 2 saturated heterocycles. The molecule has 1 aromatic carbocycles. The fraction of sp³-hybridized carbons (Fsp3) is 0.462. The molecule has 0 amide bonds. The molecule has 1 aromatic heterocycles. The normalized spacial score (nSPS) is 23.8. The third-order valence-corrected chi connectivity index (χ3v) is 7.37. The molecule has 0 bridgehead atoms. The standard InChI is InChI=1S/C26H32N4O2/c1-16-9-24(27)23(26(28)17-3-6-29-25(12-17)31-2)13-22(16)18-10-19-14-30(15-20(19)11-18)21-4-7-32-8-5-21/h3,6,9-10,12-13,19-21,28H,4-5,7-8,11,14-15,27H2,1-2H3/t19-,20+/m1/s1. The second-order valence-corrected chi connectivity index (χ2v) is 9.33. The summed E-state index contributed by atoms with van der Waals surface area (Å²) in [5, 5.41) is 8.79. The first-order chi connectivity index (χ1) is 15.5. The third kappa shape index (κ3) is 3.93. The maximum atomic E-state index is 8.79. The monoisotopic (exact) mass is 432 g/mol. The second kappa shape index (κ2) is 8.68. The van der Waals surface area contributed by atoms with E-state index in [1.807, 2.05) is 12.1 Å². The lowest BCUT2D eigenvalue weighted by Gasteiger charge is -2.31. The molecule has 5 rings (SSSR count). The summed E-state index contributed by atoms with van der Waals surface area (Å²) in [6.45, 7) is 6.27. The van der Waals surface area contributed by atoms with Gasteiger partial charge in [0.15, 0.2) is 0 Å². The molecule has 2 atom stereocenters. The van der Waals surface area contributed by atoms with Gasteiger partial charge in [0, 0.05) is 61.4 Å². The molecule has 2 aromatic rings. The topological polar surface area (TPSA) is 84.5 Å². The predicted octanol–water partition coefficient (Wildman–Crippen LogP) is 3.91. The number of pyridine rings is 1. The van der Waals surface area contributed by atoms with Gasteiger partial charge in [-0.3, -0.25) is 10.3 Å². The third-order valence-electron chi connectivity index (χ3n) is 7.37. The van der Waals surface area contributed by atoms with Crippen LogP contribution in [-0.2, 0) is 4.74 Å². The Morgan fingerprint density at radius 2 is 2.03 bits per heavy atom. The number of allylic oxidation sites excluding steroid dienone is 1. The summed E-state index contributed by atoms with van der Waals surface area (Å²) >= 11 is 0. The predicted molar refractivity (Wildman–Crippen MR) is 127 cm³/mol. The van der Waals surface area contributed by atoms with Gasteiger partial charge in [0.2, 0.25) is 5.88 Å². The van der Waals surface area contributed by atoms with Crippen LogP contribution in [0.25, 0.3) is 5.57 Å². The molecule has 1 aliphatic carbocycles. The van der Waals surface area contributed by atoms with Crippen molar-refractivity contribution in [3.8, 4) is 5.88 Å². The van der Waals surface area contributed by atoms with Crippen molar-refractivity contribution >= 4 is 17.0 Å². The molecular formula is C26H32N4O2. The molecule has 168 valence electrons. The number of ether oxygens (including phenoxy) is 2. The maximum absolute atomic E-state index is 8.79. The number of hydrogen-bond donors (Lipinski definition) is 2. The zero-order chi connectivity index (χ0) is 22.2. The largest absolute Gasteiger partial charge is 0.481 e. The molecule has 2 aliphatic heterocycles. The number of hydrogen-bond acceptors (Lipinski definition) is 6. The van der Waals surface area contributed by atoms with Crippen LogP contribution < -0.4 is 10.5 Å². The molecule has 6 nitrogen and oxygen atoms in total. The van der Waals surface area contributed by atoms with Crippen molar-refractivity contribution in [2.75, 3.05) is 39.1 Å². The van der Waals surface area contributed by atoms with Crippen LogP contribution in [0.15, 0.2) is 36.5 Å². The number of aromatic nitrogens is 1. The number of nitrogen functional groups attached to an aromatic ring is 1. The quantitative estimate of drug-likeness (QED) is 0.553. The Kier molecular flexibility index (Phi) is 5.74.